The Kier molecular flexibility index (Phi) is 6.12. The van der Waals surface area contributed by atoms with Crippen molar-refractivity contribution in [2.75, 3.05) is 44.3 Å². The Morgan fingerprint density at radius 1 is 1.46 bits per heavy atom. The lowest BCUT2D eigenvalue weighted by Crippen LogP contribution is -2.48. The zero-order valence-electron chi connectivity index (χ0n) is 15.5. The van der Waals surface area contributed by atoms with Crippen LogP contribution in [0.5, 0.6) is 0 Å². The number of carbonyl (C=O) groups is 1. The molecular formula is C18H27N5O2S. The first-order chi connectivity index (χ1) is 12.5. The molecule has 0 spiro atoms. The summed E-state index contributed by atoms with van der Waals surface area (Å²) < 4.78 is 5.39. The van der Waals surface area contributed by atoms with Crippen LogP contribution in [0.2, 0.25) is 0 Å². The molecule has 0 saturated carbocycles. The fourth-order valence-corrected chi connectivity index (χ4v) is 4.29. The van der Waals surface area contributed by atoms with E-state index in [0.717, 1.165) is 56.4 Å². The van der Waals surface area contributed by atoms with E-state index in [1.54, 1.807) is 16.2 Å². The van der Waals surface area contributed by atoms with Gasteiger partial charge in [-0.25, -0.2) is 4.98 Å². The van der Waals surface area contributed by atoms with Gasteiger partial charge >= 0.3 is 0 Å². The number of likely N-dealkylation sites (tertiary alicyclic amines) is 1. The molecule has 2 fully saturated rings. The molecule has 3 heterocycles. The highest BCUT2D eigenvalue weighted by atomic mass is 32.1. The zero-order valence-corrected chi connectivity index (χ0v) is 16.3. The lowest BCUT2D eigenvalue weighted by Gasteiger charge is -2.28. The van der Waals surface area contributed by atoms with Gasteiger partial charge in [0.15, 0.2) is 5.13 Å². The molecule has 1 aromatic heterocycles. The van der Waals surface area contributed by atoms with Crippen molar-refractivity contribution in [2.24, 2.45) is 0 Å². The Labute approximate surface area is 158 Å². The standard InChI is InChI=1S/C18H27N5O2S/c1-18(2,20-12-16(24)23-5-3-4-15(23)11-19)10-14-13-26-17(21-14)22-6-8-25-9-7-22/h13,15,20H,3-10,12H2,1-2H3/t15-/m0/s1. The fourth-order valence-electron chi connectivity index (χ4n) is 3.41. The van der Waals surface area contributed by atoms with Crippen LogP contribution in [0.25, 0.3) is 0 Å². The number of morpholine rings is 1. The van der Waals surface area contributed by atoms with Crippen molar-refractivity contribution in [3.8, 4) is 6.07 Å². The van der Waals surface area contributed by atoms with Crippen LogP contribution < -0.4 is 10.2 Å². The van der Waals surface area contributed by atoms with Crippen molar-refractivity contribution in [2.45, 2.75) is 44.7 Å². The first kappa shape index (κ1) is 19.1. The van der Waals surface area contributed by atoms with E-state index in [-0.39, 0.29) is 24.0 Å². The molecule has 1 N–H and O–H groups in total. The minimum atomic E-state index is -0.262. The Bertz CT molecular complexity index is 663. The summed E-state index contributed by atoms with van der Waals surface area (Å²) in [4.78, 5) is 21.1. The number of thiazole rings is 1. The van der Waals surface area contributed by atoms with Gasteiger partial charge in [-0.3, -0.25) is 4.79 Å². The molecule has 1 atom stereocenters. The number of amides is 1. The maximum Gasteiger partial charge on any atom is 0.237 e. The quantitative estimate of drug-likeness (QED) is 0.807. The van der Waals surface area contributed by atoms with Gasteiger partial charge in [0, 0.05) is 37.0 Å². The summed E-state index contributed by atoms with van der Waals surface area (Å²) in [7, 11) is 0. The van der Waals surface area contributed by atoms with Crippen molar-refractivity contribution in [3.05, 3.63) is 11.1 Å². The Balaban J connectivity index is 1.51. The first-order valence-corrected chi connectivity index (χ1v) is 10.1. The van der Waals surface area contributed by atoms with Crippen LogP contribution in [0, 0.1) is 11.3 Å². The van der Waals surface area contributed by atoms with E-state index >= 15 is 0 Å². The van der Waals surface area contributed by atoms with Gasteiger partial charge in [-0.05, 0) is 26.7 Å². The molecule has 3 rings (SSSR count). The molecule has 1 amide bonds. The zero-order chi connectivity index (χ0) is 18.6. The number of rotatable bonds is 6. The molecule has 8 heteroatoms. The minimum absolute atomic E-state index is 0.00871. The van der Waals surface area contributed by atoms with Crippen LogP contribution in [-0.4, -0.2) is 66.8 Å². The van der Waals surface area contributed by atoms with Gasteiger partial charge in [0.25, 0.3) is 0 Å². The van der Waals surface area contributed by atoms with Crippen molar-refractivity contribution >= 4 is 22.4 Å². The lowest BCUT2D eigenvalue weighted by molar-refractivity contribution is -0.130. The molecule has 2 saturated heterocycles. The summed E-state index contributed by atoms with van der Waals surface area (Å²) in [6, 6.07) is 1.96. The van der Waals surface area contributed by atoms with Gasteiger partial charge in [0.2, 0.25) is 5.91 Å². The molecule has 2 aliphatic heterocycles. The fraction of sp³-hybridized carbons (Fsp3) is 0.722. The molecule has 0 radical (unpaired) electrons. The van der Waals surface area contributed by atoms with E-state index in [0.29, 0.717) is 6.54 Å². The second-order valence-electron chi connectivity index (χ2n) is 7.51. The van der Waals surface area contributed by atoms with Crippen molar-refractivity contribution in [3.63, 3.8) is 0 Å². The molecule has 0 aliphatic carbocycles. The molecule has 26 heavy (non-hydrogen) atoms. The Morgan fingerprint density at radius 3 is 2.96 bits per heavy atom. The van der Waals surface area contributed by atoms with E-state index in [4.69, 9.17) is 15.0 Å². The molecule has 2 aliphatic rings. The van der Waals surface area contributed by atoms with Crippen LogP contribution in [0.4, 0.5) is 5.13 Å². The van der Waals surface area contributed by atoms with E-state index in [1.165, 1.54) is 0 Å². The normalized spacial score (nSPS) is 21.0. The highest BCUT2D eigenvalue weighted by Crippen LogP contribution is 2.24. The number of ether oxygens (including phenoxy) is 1. The third-order valence-electron chi connectivity index (χ3n) is 4.88. The second-order valence-corrected chi connectivity index (χ2v) is 8.35. The third-order valence-corrected chi connectivity index (χ3v) is 5.83. The average Bonchev–Trinajstić information content (AvgIpc) is 3.29. The number of nitrogens with one attached hydrogen (secondary N) is 1. The smallest absolute Gasteiger partial charge is 0.237 e. The average molecular weight is 378 g/mol. The highest BCUT2D eigenvalue weighted by Gasteiger charge is 2.29. The van der Waals surface area contributed by atoms with Gasteiger partial charge in [0.05, 0.1) is 31.5 Å². The minimum Gasteiger partial charge on any atom is -0.378 e. The molecule has 7 nitrogen and oxygen atoms in total. The van der Waals surface area contributed by atoms with E-state index in [2.05, 4.69) is 35.5 Å². The summed E-state index contributed by atoms with van der Waals surface area (Å²) in [6.07, 6.45) is 2.45. The summed E-state index contributed by atoms with van der Waals surface area (Å²) in [5.74, 6) is 0.00871. The maximum absolute atomic E-state index is 12.4. The van der Waals surface area contributed by atoms with Crippen LogP contribution in [0.1, 0.15) is 32.4 Å². The van der Waals surface area contributed by atoms with Crippen LogP contribution in [0.3, 0.4) is 0 Å². The van der Waals surface area contributed by atoms with Crippen LogP contribution in [-0.2, 0) is 16.0 Å². The van der Waals surface area contributed by atoms with Crippen LogP contribution in [0.15, 0.2) is 5.38 Å². The highest BCUT2D eigenvalue weighted by molar-refractivity contribution is 7.13. The summed E-state index contributed by atoms with van der Waals surface area (Å²) in [6.45, 7) is 8.39. The van der Waals surface area contributed by atoms with Crippen molar-refractivity contribution in [1.82, 2.24) is 15.2 Å². The molecule has 142 valence electrons. The molecule has 1 aromatic rings. The summed E-state index contributed by atoms with van der Waals surface area (Å²) in [5.41, 5.74) is 0.797. The van der Waals surface area contributed by atoms with Gasteiger partial charge in [0.1, 0.15) is 6.04 Å². The lowest BCUT2D eigenvalue weighted by atomic mass is 9.99. The SMILES string of the molecule is CC(C)(Cc1csc(N2CCOCC2)n1)NCC(=O)N1CCC[C@H]1C#N. The molecule has 0 aromatic carbocycles. The largest absolute Gasteiger partial charge is 0.378 e. The Hall–Kier alpha value is -1.69. The molecule has 0 bridgehead atoms. The van der Waals surface area contributed by atoms with Gasteiger partial charge in [-0.2, -0.15) is 5.26 Å². The predicted molar refractivity (Wildman–Crippen MR) is 101 cm³/mol. The summed E-state index contributed by atoms with van der Waals surface area (Å²) >= 11 is 1.67. The summed E-state index contributed by atoms with van der Waals surface area (Å²) in [5, 5.41) is 15.6. The topological polar surface area (TPSA) is 81.5 Å². The predicted octanol–water partition coefficient (Wildman–Crippen LogP) is 1.40. The number of nitrogens with zero attached hydrogens (tertiary/aromatic N) is 4. The van der Waals surface area contributed by atoms with Gasteiger partial charge in [-0.15, -0.1) is 11.3 Å². The van der Waals surface area contributed by atoms with Crippen molar-refractivity contribution < 1.29 is 9.53 Å². The van der Waals surface area contributed by atoms with E-state index in [9.17, 15) is 4.79 Å². The third kappa shape index (κ3) is 4.72. The van der Waals surface area contributed by atoms with Gasteiger partial charge in [-0.1, -0.05) is 0 Å². The second kappa shape index (κ2) is 8.33. The van der Waals surface area contributed by atoms with E-state index < -0.39 is 0 Å². The number of nitriles is 1. The number of aromatic nitrogens is 1. The number of hydrogen-bond donors (Lipinski definition) is 1. The first-order valence-electron chi connectivity index (χ1n) is 9.20. The van der Waals surface area contributed by atoms with Crippen LogP contribution >= 0.6 is 11.3 Å². The number of anilines is 1. The number of carbonyl (C=O) groups excluding carboxylic acids is 1. The van der Waals surface area contributed by atoms with Crippen molar-refractivity contribution in [1.29, 1.82) is 5.26 Å². The maximum atomic E-state index is 12.4. The monoisotopic (exact) mass is 377 g/mol. The Morgan fingerprint density at radius 2 is 2.23 bits per heavy atom. The molecule has 0 unspecified atom stereocenters. The van der Waals surface area contributed by atoms with Gasteiger partial charge < -0.3 is 19.9 Å². The molecular weight excluding hydrogens is 350 g/mol. The number of hydrogen-bond acceptors (Lipinski definition) is 7. The van der Waals surface area contributed by atoms with E-state index in [1.807, 2.05) is 0 Å².